The minimum Gasteiger partial charge on any atom is -0.378 e. The highest BCUT2D eigenvalue weighted by molar-refractivity contribution is 6.08. The maximum Gasteiger partial charge on any atom is 0.255 e. The molecule has 0 aliphatic carbocycles. The zero-order valence-electron chi connectivity index (χ0n) is 15.3. The van der Waals surface area contributed by atoms with Crippen LogP contribution in [0.25, 0.3) is 10.9 Å². The predicted octanol–water partition coefficient (Wildman–Crippen LogP) is 2.61. The number of alkyl halides is 2. The summed E-state index contributed by atoms with van der Waals surface area (Å²) in [6.45, 7) is 1.32. The standard InChI is InChI=1S/C20H22F3N3O2/c21-11-1-2-16-15(5-11)18(17-8-20(22,23)3-4-26(16)17)19(27)25-12-6-13-9-28-10-14(7-12)24-13/h1-2,5,12-14,24H,3-4,6-10H2,(H,25,27). The monoisotopic (exact) mass is 393 g/mol. The maximum absolute atomic E-state index is 14.1. The highest BCUT2D eigenvalue weighted by Gasteiger charge is 2.39. The molecule has 1 amide bonds. The van der Waals surface area contributed by atoms with E-state index in [-0.39, 0.29) is 36.7 Å². The molecule has 2 aromatic rings. The fourth-order valence-electron chi connectivity index (χ4n) is 4.89. The van der Waals surface area contributed by atoms with Crippen molar-refractivity contribution in [3.05, 3.63) is 35.3 Å². The first-order chi connectivity index (χ1) is 13.4. The van der Waals surface area contributed by atoms with Gasteiger partial charge in [-0.1, -0.05) is 0 Å². The lowest BCUT2D eigenvalue weighted by Gasteiger charge is -2.40. The first-order valence-corrected chi connectivity index (χ1v) is 9.73. The van der Waals surface area contributed by atoms with E-state index in [4.69, 9.17) is 4.74 Å². The molecule has 5 rings (SSSR count). The molecule has 3 aliphatic heterocycles. The van der Waals surface area contributed by atoms with Crippen molar-refractivity contribution in [2.45, 2.75) is 56.3 Å². The van der Waals surface area contributed by atoms with Crippen molar-refractivity contribution in [3.8, 4) is 0 Å². The number of hydrogen-bond donors (Lipinski definition) is 2. The van der Waals surface area contributed by atoms with Crippen LogP contribution < -0.4 is 10.6 Å². The second kappa shape index (κ2) is 6.49. The third-order valence-electron chi connectivity index (χ3n) is 6.07. The SMILES string of the molecule is O=C(NC1CC2COCC(C1)N2)c1c2n(c3ccc(F)cc13)CCC(F)(F)C2. The van der Waals surface area contributed by atoms with Gasteiger partial charge >= 0.3 is 0 Å². The van der Waals surface area contributed by atoms with E-state index in [9.17, 15) is 18.0 Å². The van der Waals surface area contributed by atoms with Gasteiger partial charge in [0.2, 0.25) is 0 Å². The molecule has 0 saturated carbocycles. The molecule has 2 bridgehead atoms. The molecule has 150 valence electrons. The van der Waals surface area contributed by atoms with Crippen LogP contribution in [-0.4, -0.2) is 47.7 Å². The Hall–Kier alpha value is -2.06. The number of rotatable bonds is 2. The fraction of sp³-hybridized carbons (Fsp3) is 0.550. The van der Waals surface area contributed by atoms with E-state index in [0.29, 0.717) is 29.8 Å². The average Bonchev–Trinajstić information content (AvgIpc) is 2.92. The molecule has 0 spiro atoms. The van der Waals surface area contributed by atoms with E-state index >= 15 is 0 Å². The number of morpholine rings is 1. The molecule has 5 nitrogen and oxygen atoms in total. The number of benzene rings is 1. The van der Waals surface area contributed by atoms with Gasteiger partial charge in [-0.2, -0.15) is 0 Å². The first-order valence-electron chi connectivity index (χ1n) is 9.73. The van der Waals surface area contributed by atoms with Crippen LogP contribution >= 0.6 is 0 Å². The lowest BCUT2D eigenvalue weighted by molar-refractivity contribution is -0.0220. The molecule has 28 heavy (non-hydrogen) atoms. The van der Waals surface area contributed by atoms with Gasteiger partial charge in [-0.3, -0.25) is 4.79 Å². The summed E-state index contributed by atoms with van der Waals surface area (Å²) in [4.78, 5) is 13.2. The second-order valence-corrected chi connectivity index (χ2v) is 8.16. The summed E-state index contributed by atoms with van der Waals surface area (Å²) in [5.41, 5.74) is 1.12. The van der Waals surface area contributed by atoms with E-state index in [1.807, 2.05) is 0 Å². The van der Waals surface area contributed by atoms with Crippen molar-refractivity contribution in [1.29, 1.82) is 0 Å². The van der Waals surface area contributed by atoms with Gasteiger partial charge in [0, 0.05) is 47.7 Å². The van der Waals surface area contributed by atoms with Crippen molar-refractivity contribution < 1.29 is 22.7 Å². The molecule has 4 heterocycles. The van der Waals surface area contributed by atoms with E-state index in [1.165, 1.54) is 12.1 Å². The molecule has 3 aliphatic rings. The number of fused-ring (bicyclic) bond motifs is 5. The van der Waals surface area contributed by atoms with Crippen molar-refractivity contribution >= 4 is 16.8 Å². The summed E-state index contributed by atoms with van der Waals surface area (Å²) in [6.07, 6.45) is 0.665. The molecule has 2 unspecified atom stereocenters. The van der Waals surface area contributed by atoms with Crippen LogP contribution in [0.5, 0.6) is 0 Å². The Morgan fingerprint density at radius 2 is 2.00 bits per heavy atom. The summed E-state index contributed by atoms with van der Waals surface area (Å²) in [6, 6.07) is 4.45. The van der Waals surface area contributed by atoms with Crippen LogP contribution in [0, 0.1) is 5.82 Å². The minimum atomic E-state index is -2.86. The van der Waals surface area contributed by atoms with Crippen LogP contribution in [0.2, 0.25) is 0 Å². The average molecular weight is 393 g/mol. The van der Waals surface area contributed by atoms with Crippen molar-refractivity contribution in [3.63, 3.8) is 0 Å². The quantitative estimate of drug-likeness (QED) is 0.825. The van der Waals surface area contributed by atoms with Gasteiger partial charge in [-0.15, -0.1) is 0 Å². The zero-order valence-corrected chi connectivity index (χ0v) is 15.3. The van der Waals surface area contributed by atoms with Crippen molar-refractivity contribution in [1.82, 2.24) is 15.2 Å². The maximum atomic E-state index is 14.1. The van der Waals surface area contributed by atoms with Crippen molar-refractivity contribution in [2.24, 2.45) is 0 Å². The number of aromatic nitrogens is 1. The lowest BCUT2D eigenvalue weighted by atomic mass is 9.92. The number of nitrogens with one attached hydrogen (secondary N) is 2. The predicted molar refractivity (Wildman–Crippen MR) is 97.2 cm³/mol. The number of piperidine rings is 1. The van der Waals surface area contributed by atoms with Crippen LogP contribution in [0.15, 0.2) is 18.2 Å². The van der Waals surface area contributed by atoms with Gasteiger partial charge in [0.15, 0.2) is 0 Å². The second-order valence-electron chi connectivity index (χ2n) is 8.16. The third kappa shape index (κ3) is 3.08. The Morgan fingerprint density at radius 1 is 1.25 bits per heavy atom. The summed E-state index contributed by atoms with van der Waals surface area (Å²) < 4.78 is 49.4. The lowest BCUT2D eigenvalue weighted by Crippen LogP contribution is -2.58. The van der Waals surface area contributed by atoms with Crippen LogP contribution in [0.3, 0.4) is 0 Å². The van der Waals surface area contributed by atoms with Gasteiger partial charge in [0.05, 0.1) is 25.2 Å². The number of nitrogens with zero attached hydrogens (tertiary/aromatic N) is 1. The van der Waals surface area contributed by atoms with Gasteiger partial charge < -0.3 is 19.9 Å². The van der Waals surface area contributed by atoms with E-state index < -0.39 is 24.1 Å². The van der Waals surface area contributed by atoms with Gasteiger partial charge in [-0.25, -0.2) is 13.2 Å². The topological polar surface area (TPSA) is 55.3 Å². The minimum absolute atomic E-state index is 0.0593. The molecule has 0 radical (unpaired) electrons. The smallest absolute Gasteiger partial charge is 0.255 e. The summed E-state index contributed by atoms with van der Waals surface area (Å²) in [5.74, 6) is -3.74. The highest BCUT2D eigenvalue weighted by atomic mass is 19.3. The van der Waals surface area contributed by atoms with E-state index in [1.54, 1.807) is 10.6 Å². The Morgan fingerprint density at radius 3 is 2.75 bits per heavy atom. The Balaban J connectivity index is 1.51. The number of carbonyl (C=O) groups is 1. The van der Waals surface area contributed by atoms with E-state index in [2.05, 4.69) is 10.6 Å². The molecule has 1 aromatic carbocycles. The molecule has 1 aromatic heterocycles. The summed E-state index contributed by atoms with van der Waals surface area (Å²) in [7, 11) is 0. The van der Waals surface area contributed by atoms with Crippen LogP contribution in [-0.2, 0) is 17.7 Å². The Kier molecular flexibility index (Phi) is 4.17. The molecule has 2 atom stereocenters. The number of amides is 1. The van der Waals surface area contributed by atoms with Gasteiger partial charge in [0.25, 0.3) is 11.8 Å². The molecule has 8 heteroatoms. The van der Waals surface area contributed by atoms with Gasteiger partial charge in [-0.05, 0) is 31.0 Å². The first kappa shape index (κ1) is 18.0. The summed E-state index contributed by atoms with van der Waals surface area (Å²) in [5, 5.41) is 6.89. The number of halogens is 3. The zero-order chi connectivity index (χ0) is 19.5. The molecule has 2 N–H and O–H groups in total. The molecular formula is C20H22F3N3O2. The molecular weight excluding hydrogens is 371 g/mol. The number of ether oxygens (including phenoxy) is 1. The Bertz CT molecular complexity index is 930. The number of hydrogen-bond acceptors (Lipinski definition) is 3. The Labute approximate surface area is 160 Å². The van der Waals surface area contributed by atoms with Gasteiger partial charge in [0.1, 0.15) is 5.82 Å². The fourth-order valence-corrected chi connectivity index (χ4v) is 4.89. The van der Waals surface area contributed by atoms with Crippen LogP contribution in [0.1, 0.15) is 35.3 Å². The largest absolute Gasteiger partial charge is 0.378 e. The highest BCUT2D eigenvalue weighted by Crippen LogP contribution is 2.37. The number of carbonyl (C=O) groups excluding carboxylic acids is 1. The van der Waals surface area contributed by atoms with Crippen LogP contribution in [0.4, 0.5) is 13.2 Å². The van der Waals surface area contributed by atoms with Crippen molar-refractivity contribution in [2.75, 3.05) is 13.2 Å². The number of aryl methyl sites for hydroxylation is 1. The van der Waals surface area contributed by atoms with E-state index in [0.717, 1.165) is 12.8 Å². The molecule has 2 fully saturated rings. The third-order valence-corrected chi connectivity index (χ3v) is 6.07. The normalized spacial score (nSPS) is 28.8. The molecule has 2 saturated heterocycles. The summed E-state index contributed by atoms with van der Waals surface area (Å²) >= 11 is 0.